The first-order chi connectivity index (χ1) is 25.1. The molecule has 0 N–H and O–H groups in total. The third-order valence-electron chi connectivity index (χ3n) is 9.90. The molecule has 0 aromatic rings. The molecule has 52 heavy (non-hydrogen) atoms. The molecule has 0 aromatic heterocycles. The summed E-state index contributed by atoms with van der Waals surface area (Å²) >= 11 is 0. The summed E-state index contributed by atoms with van der Waals surface area (Å²) in [6, 6.07) is -0.721. The number of carbonyl (C=O) groups is 3. The molecule has 8 nitrogen and oxygen atoms in total. The van der Waals surface area contributed by atoms with Gasteiger partial charge in [-0.15, -0.1) is 0 Å². The van der Waals surface area contributed by atoms with Gasteiger partial charge in [0.15, 0.2) is 6.10 Å². The number of likely N-dealkylation sites (N-methyl/N-ethyl adjacent to an activating group) is 1. The number of hydrogen-bond acceptors (Lipinski definition) is 7. The van der Waals surface area contributed by atoms with Crippen molar-refractivity contribution in [3.05, 3.63) is 12.2 Å². The summed E-state index contributed by atoms with van der Waals surface area (Å²) in [4.78, 5) is 36.7. The smallest absolute Gasteiger partial charge is 0.306 e. The highest BCUT2D eigenvalue weighted by molar-refractivity contribution is 5.70. The molecule has 0 aliphatic rings. The van der Waals surface area contributed by atoms with Crippen molar-refractivity contribution in [2.45, 2.75) is 212 Å². The van der Waals surface area contributed by atoms with Gasteiger partial charge in [0, 0.05) is 19.3 Å². The van der Waals surface area contributed by atoms with Crippen LogP contribution < -0.4 is 5.11 Å². The Balaban J connectivity index is 4.30. The number of rotatable bonds is 39. The van der Waals surface area contributed by atoms with Gasteiger partial charge in [-0.3, -0.25) is 9.59 Å². The van der Waals surface area contributed by atoms with Gasteiger partial charge in [0.25, 0.3) is 0 Å². The molecule has 0 aliphatic heterocycles. The zero-order valence-corrected chi connectivity index (χ0v) is 34.7. The number of esters is 2. The number of carbonyl (C=O) groups excluding carboxylic acids is 3. The van der Waals surface area contributed by atoms with Gasteiger partial charge in [-0.2, -0.15) is 0 Å². The van der Waals surface area contributed by atoms with Crippen LogP contribution in [0.15, 0.2) is 12.2 Å². The lowest BCUT2D eigenvalue weighted by Crippen LogP contribution is -2.55. The normalized spacial score (nSPS) is 13.0. The molecule has 0 bridgehead atoms. The van der Waals surface area contributed by atoms with E-state index in [1.807, 2.05) is 0 Å². The number of aliphatic carboxylic acids is 1. The lowest BCUT2D eigenvalue weighted by molar-refractivity contribution is -0.889. The summed E-state index contributed by atoms with van der Waals surface area (Å²) in [7, 11) is 5.41. The maximum atomic E-state index is 12.7. The average Bonchev–Trinajstić information content (AvgIpc) is 3.09. The van der Waals surface area contributed by atoms with Crippen LogP contribution >= 0.6 is 0 Å². The van der Waals surface area contributed by atoms with E-state index in [1.54, 1.807) is 21.1 Å². The van der Waals surface area contributed by atoms with Crippen LogP contribution in [0, 0.1) is 0 Å². The molecular weight excluding hydrogens is 654 g/mol. The van der Waals surface area contributed by atoms with Gasteiger partial charge >= 0.3 is 11.9 Å². The Morgan fingerprint density at radius 2 is 0.962 bits per heavy atom. The minimum absolute atomic E-state index is 0.0441. The number of quaternary nitrogens is 1. The van der Waals surface area contributed by atoms with E-state index in [-0.39, 0.29) is 42.7 Å². The molecule has 8 heteroatoms. The summed E-state index contributed by atoms with van der Waals surface area (Å²) in [5, 5.41) is 11.6. The van der Waals surface area contributed by atoms with E-state index in [2.05, 4.69) is 26.0 Å². The second kappa shape index (κ2) is 36.1. The molecule has 0 aliphatic carbocycles. The maximum Gasteiger partial charge on any atom is 0.306 e. The Labute approximate surface area is 320 Å². The minimum Gasteiger partial charge on any atom is -0.544 e. The fourth-order valence-corrected chi connectivity index (χ4v) is 6.48. The summed E-state index contributed by atoms with van der Waals surface area (Å²) in [5.74, 6) is -1.73. The molecule has 0 rings (SSSR count). The highest BCUT2D eigenvalue weighted by Gasteiger charge is 2.25. The van der Waals surface area contributed by atoms with Gasteiger partial charge in [0.05, 0.1) is 40.3 Å². The van der Waals surface area contributed by atoms with Crippen LogP contribution in [-0.4, -0.2) is 75.5 Å². The van der Waals surface area contributed by atoms with Gasteiger partial charge in [0.1, 0.15) is 12.6 Å². The molecule has 2 unspecified atom stereocenters. The van der Waals surface area contributed by atoms with E-state index in [0.717, 1.165) is 38.5 Å². The molecule has 0 aromatic carbocycles. The molecule has 0 saturated heterocycles. The van der Waals surface area contributed by atoms with E-state index >= 15 is 0 Å². The minimum atomic E-state index is -1.12. The first-order valence-electron chi connectivity index (χ1n) is 21.7. The fraction of sp³-hybridized carbons (Fsp3) is 0.886. The van der Waals surface area contributed by atoms with Gasteiger partial charge in [0.2, 0.25) is 0 Å². The molecule has 306 valence electrons. The molecule has 0 spiro atoms. The van der Waals surface area contributed by atoms with Crippen LogP contribution in [0.1, 0.15) is 200 Å². The van der Waals surface area contributed by atoms with Crippen LogP contribution in [0.2, 0.25) is 0 Å². The molecule has 0 heterocycles. The Kier molecular flexibility index (Phi) is 34.7. The number of allylic oxidation sites excluding steroid dienone is 2. The average molecular weight is 738 g/mol. The predicted molar refractivity (Wildman–Crippen MR) is 213 cm³/mol. The number of nitrogens with zero attached hydrogens (tertiary/aromatic N) is 1. The van der Waals surface area contributed by atoms with Gasteiger partial charge in [-0.05, 0) is 38.5 Å². The van der Waals surface area contributed by atoms with Crippen molar-refractivity contribution in [1.29, 1.82) is 0 Å². The molecule has 0 radical (unpaired) electrons. The zero-order valence-electron chi connectivity index (χ0n) is 34.7. The molecule has 0 fully saturated rings. The molecule has 2 atom stereocenters. The topological polar surface area (TPSA) is 102 Å². The zero-order chi connectivity index (χ0) is 38.5. The largest absolute Gasteiger partial charge is 0.544 e. The van der Waals surface area contributed by atoms with Gasteiger partial charge < -0.3 is 28.6 Å². The van der Waals surface area contributed by atoms with E-state index in [9.17, 15) is 19.5 Å². The first kappa shape index (κ1) is 50.1. The van der Waals surface area contributed by atoms with Crippen molar-refractivity contribution in [1.82, 2.24) is 0 Å². The van der Waals surface area contributed by atoms with Crippen LogP contribution in [-0.2, 0) is 28.6 Å². The Morgan fingerprint density at radius 3 is 1.38 bits per heavy atom. The Morgan fingerprint density at radius 1 is 0.558 bits per heavy atom. The molecule has 0 saturated carbocycles. The van der Waals surface area contributed by atoms with Crippen molar-refractivity contribution < 1.29 is 38.2 Å². The van der Waals surface area contributed by atoms with E-state index < -0.39 is 18.1 Å². The van der Waals surface area contributed by atoms with Crippen molar-refractivity contribution in [2.24, 2.45) is 0 Å². The summed E-state index contributed by atoms with van der Waals surface area (Å²) in [6.45, 7) is 4.66. The Hall–Kier alpha value is -1.93. The second-order valence-electron chi connectivity index (χ2n) is 15.9. The highest BCUT2D eigenvalue weighted by atomic mass is 16.6. The van der Waals surface area contributed by atoms with E-state index in [4.69, 9.17) is 14.2 Å². The maximum absolute atomic E-state index is 12.7. The summed E-state index contributed by atoms with van der Waals surface area (Å²) < 4.78 is 17.1. The third-order valence-corrected chi connectivity index (χ3v) is 9.90. The van der Waals surface area contributed by atoms with Crippen LogP contribution in [0.5, 0.6) is 0 Å². The van der Waals surface area contributed by atoms with Crippen molar-refractivity contribution in [2.75, 3.05) is 41.0 Å². The van der Waals surface area contributed by atoms with E-state index in [0.29, 0.717) is 12.8 Å². The third kappa shape index (κ3) is 33.9. The van der Waals surface area contributed by atoms with Crippen LogP contribution in [0.25, 0.3) is 0 Å². The standard InChI is InChI=1S/C44H83NO7/c1-6-8-10-12-14-16-18-19-20-21-22-23-24-25-27-29-31-33-35-43(47)52-40(38-50-37-36-41(44(48)49)45(3,4)5)39-51-42(46)34-32-30-28-26-17-15-13-11-9-7-2/h20-21,40-41H,6-19,22-39H2,1-5H3/b21-20-. The monoisotopic (exact) mass is 738 g/mol. The highest BCUT2D eigenvalue weighted by Crippen LogP contribution is 2.14. The number of carboxylic acids is 1. The first-order valence-corrected chi connectivity index (χ1v) is 21.7. The summed E-state index contributed by atoms with van der Waals surface area (Å²) in [6.07, 6.45) is 36.6. The van der Waals surface area contributed by atoms with Crippen LogP contribution in [0.3, 0.4) is 0 Å². The van der Waals surface area contributed by atoms with E-state index in [1.165, 1.54) is 128 Å². The van der Waals surface area contributed by atoms with Crippen molar-refractivity contribution in [3.63, 3.8) is 0 Å². The number of hydrogen-bond donors (Lipinski definition) is 0. The van der Waals surface area contributed by atoms with Gasteiger partial charge in [-0.25, -0.2) is 0 Å². The fourth-order valence-electron chi connectivity index (χ4n) is 6.48. The predicted octanol–water partition coefficient (Wildman–Crippen LogP) is 10.2. The summed E-state index contributed by atoms with van der Waals surface area (Å²) in [5.41, 5.74) is 0. The van der Waals surface area contributed by atoms with Gasteiger partial charge in [-0.1, -0.05) is 154 Å². The van der Waals surface area contributed by atoms with Crippen molar-refractivity contribution in [3.8, 4) is 0 Å². The number of ether oxygens (including phenoxy) is 3. The lowest BCUT2D eigenvalue weighted by atomic mass is 10.1. The Bertz CT molecular complexity index is 869. The van der Waals surface area contributed by atoms with Crippen LogP contribution in [0.4, 0.5) is 0 Å². The molecular formula is C44H83NO7. The number of unbranched alkanes of at least 4 members (excludes halogenated alkanes) is 23. The SMILES string of the molecule is CCCCCCCCC/C=C\CCCCCCCCCC(=O)OC(COCCC(C(=O)[O-])[N+](C)(C)C)COC(=O)CCCCCCCCCCCC. The molecule has 0 amide bonds. The number of carboxylic acid groups (broad SMARTS) is 1. The second-order valence-corrected chi connectivity index (χ2v) is 15.9. The van der Waals surface area contributed by atoms with Crippen molar-refractivity contribution >= 4 is 17.9 Å². The lowest BCUT2D eigenvalue weighted by Gasteiger charge is -2.34. The quantitative estimate of drug-likeness (QED) is 0.0268.